The van der Waals surface area contributed by atoms with Gasteiger partial charge in [-0.2, -0.15) is 0 Å². The van der Waals surface area contributed by atoms with Gasteiger partial charge in [0.15, 0.2) is 0 Å². The van der Waals surface area contributed by atoms with Crippen LogP contribution in [0.1, 0.15) is 43.2 Å². The number of benzene rings is 2. The molecular weight excluding hydrogens is 372 g/mol. The summed E-state index contributed by atoms with van der Waals surface area (Å²) in [7, 11) is 0. The van der Waals surface area contributed by atoms with Gasteiger partial charge in [0.1, 0.15) is 11.6 Å². The molecule has 3 nitrogen and oxygen atoms in total. The second kappa shape index (κ2) is 10.8. The Morgan fingerprint density at radius 1 is 0.897 bits per heavy atom. The lowest BCUT2D eigenvalue weighted by Gasteiger charge is -2.43. The van der Waals surface area contributed by atoms with E-state index in [4.69, 9.17) is 0 Å². The van der Waals surface area contributed by atoms with Crippen LogP contribution in [0, 0.1) is 11.6 Å². The minimum absolute atomic E-state index is 0.216. The SMILES string of the molecule is OC[C@H](O)CN1[C@@H](CCc2cccc(F)c2)CCC[C@H]1CCc1cccc(F)c1. The fraction of sp³-hybridized carbons (Fsp3) is 0.500. The molecule has 0 unspecified atom stereocenters. The minimum atomic E-state index is -0.776. The van der Waals surface area contributed by atoms with Crippen molar-refractivity contribution in [3.05, 3.63) is 71.3 Å². The van der Waals surface area contributed by atoms with Crippen LogP contribution in [0.5, 0.6) is 0 Å². The summed E-state index contributed by atoms with van der Waals surface area (Å²) >= 11 is 0. The Hall–Kier alpha value is -1.82. The number of halogens is 2. The van der Waals surface area contributed by atoms with E-state index in [1.807, 2.05) is 12.1 Å². The quantitative estimate of drug-likeness (QED) is 0.662. The molecule has 0 saturated carbocycles. The zero-order valence-corrected chi connectivity index (χ0v) is 16.8. The highest BCUT2D eigenvalue weighted by molar-refractivity contribution is 5.17. The van der Waals surface area contributed by atoms with E-state index in [2.05, 4.69) is 4.90 Å². The van der Waals surface area contributed by atoms with Gasteiger partial charge in [0, 0.05) is 18.6 Å². The molecule has 1 aliphatic heterocycles. The number of β-amino-alcohol motifs (C(OH)–C–C–N with tert-alkyl or cyclic N) is 1. The van der Waals surface area contributed by atoms with Crippen molar-refractivity contribution in [1.29, 1.82) is 0 Å². The molecule has 0 radical (unpaired) electrons. The van der Waals surface area contributed by atoms with E-state index in [0.717, 1.165) is 56.1 Å². The summed E-state index contributed by atoms with van der Waals surface area (Å²) in [6, 6.07) is 14.0. The van der Waals surface area contributed by atoms with E-state index >= 15 is 0 Å². The highest BCUT2D eigenvalue weighted by Crippen LogP contribution is 2.29. The predicted octanol–water partition coefficient (Wildman–Crippen LogP) is 4.11. The Labute approximate surface area is 172 Å². The van der Waals surface area contributed by atoms with E-state index in [-0.39, 0.29) is 30.3 Å². The van der Waals surface area contributed by atoms with Crippen molar-refractivity contribution >= 4 is 0 Å². The van der Waals surface area contributed by atoms with E-state index in [9.17, 15) is 19.0 Å². The molecule has 0 aliphatic carbocycles. The summed E-state index contributed by atoms with van der Waals surface area (Å²) in [5.41, 5.74) is 1.96. The largest absolute Gasteiger partial charge is 0.394 e. The summed E-state index contributed by atoms with van der Waals surface area (Å²) in [6.07, 6.45) is 5.73. The number of aryl methyl sites for hydroxylation is 2. The molecule has 0 bridgehead atoms. The zero-order chi connectivity index (χ0) is 20.6. The molecule has 5 heteroatoms. The molecule has 158 valence electrons. The van der Waals surface area contributed by atoms with Gasteiger partial charge in [-0.3, -0.25) is 4.90 Å². The first-order valence-electron chi connectivity index (χ1n) is 10.6. The van der Waals surface area contributed by atoms with Crippen LogP contribution in [0.2, 0.25) is 0 Å². The number of hydrogen-bond donors (Lipinski definition) is 2. The second-order valence-electron chi connectivity index (χ2n) is 8.11. The Bertz CT molecular complexity index is 713. The zero-order valence-electron chi connectivity index (χ0n) is 16.8. The van der Waals surface area contributed by atoms with Crippen LogP contribution in [-0.4, -0.2) is 46.5 Å². The molecule has 1 heterocycles. The van der Waals surface area contributed by atoms with E-state index in [0.29, 0.717) is 6.54 Å². The van der Waals surface area contributed by atoms with Gasteiger partial charge >= 0.3 is 0 Å². The lowest BCUT2D eigenvalue weighted by molar-refractivity contribution is 0.00213. The third-order valence-corrected chi connectivity index (χ3v) is 5.96. The number of piperidine rings is 1. The summed E-state index contributed by atoms with van der Waals surface area (Å²) in [6.45, 7) is 0.169. The third kappa shape index (κ3) is 6.59. The summed E-state index contributed by atoms with van der Waals surface area (Å²) in [5, 5.41) is 19.5. The highest BCUT2D eigenvalue weighted by Gasteiger charge is 2.31. The van der Waals surface area contributed by atoms with Crippen LogP contribution < -0.4 is 0 Å². The van der Waals surface area contributed by atoms with Gasteiger partial charge in [0.25, 0.3) is 0 Å². The molecule has 3 rings (SSSR count). The van der Waals surface area contributed by atoms with Crippen LogP contribution in [0.4, 0.5) is 8.78 Å². The van der Waals surface area contributed by atoms with Gasteiger partial charge in [-0.25, -0.2) is 8.78 Å². The molecule has 0 spiro atoms. The maximum atomic E-state index is 13.5. The molecule has 29 heavy (non-hydrogen) atoms. The normalized spacial score (nSPS) is 21.2. The number of aliphatic hydroxyl groups excluding tert-OH is 2. The van der Waals surface area contributed by atoms with Crippen molar-refractivity contribution in [1.82, 2.24) is 4.90 Å². The van der Waals surface area contributed by atoms with Crippen LogP contribution in [0.15, 0.2) is 48.5 Å². The number of aliphatic hydroxyl groups is 2. The lowest BCUT2D eigenvalue weighted by atomic mass is 9.88. The molecule has 0 aromatic heterocycles. The second-order valence-corrected chi connectivity index (χ2v) is 8.11. The molecular formula is C24H31F2NO2. The predicted molar refractivity (Wildman–Crippen MR) is 111 cm³/mol. The maximum Gasteiger partial charge on any atom is 0.123 e. The van der Waals surface area contributed by atoms with Crippen LogP contribution in [0.25, 0.3) is 0 Å². The highest BCUT2D eigenvalue weighted by atomic mass is 19.1. The average molecular weight is 404 g/mol. The fourth-order valence-electron chi connectivity index (χ4n) is 4.49. The summed E-state index contributed by atoms with van der Waals surface area (Å²) in [4.78, 5) is 2.32. The van der Waals surface area contributed by atoms with E-state index in [1.54, 1.807) is 24.3 Å². The van der Waals surface area contributed by atoms with Gasteiger partial charge < -0.3 is 10.2 Å². The standard InChI is InChI=1S/C24H31F2NO2/c25-20-6-1-4-18(14-20)10-12-22-8-3-9-23(27(22)16-24(29)17-28)13-11-19-5-2-7-21(26)15-19/h1-2,4-7,14-15,22-24,28-29H,3,8-13,16-17H2/t22-,23+,24-/m1/s1. The first-order chi connectivity index (χ1) is 14.0. The molecule has 1 aliphatic rings. The summed E-state index contributed by atoms with van der Waals surface area (Å²) < 4.78 is 27.0. The molecule has 2 aromatic carbocycles. The van der Waals surface area contributed by atoms with Crippen LogP contribution in [-0.2, 0) is 12.8 Å². The van der Waals surface area contributed by atoms with Crippen LogP contribution >= 0.6 is 0 Å². The first kappa shape index (κ1) is 21.9. The molecule has 1 saturated heterocycles. The average Bonchev–Trinajstić information content (AvgIpc) is 2.72. The number of nitrogens with zero attached hydrogens (tertiary/aromatic N) is 1. The Balaban J connectivity index is 1.65. The fourth-order valence-corrected chi connectivity index (χ4v) is 4.49. The van der Waals surface area contributed by atoms with Crippen molar-refractivity contribution in [2.75, 3.05) is 13.2 Å². The van der Waals surface area contributed by atoms with Gasteiger partial charge in [-0.15, -0.1) is 0 Å². The van der Waals surface area contributed by atoms with E-state index in [1.165, 1.54) is 12.1 Å². The Morgan fingerprint density at radius 3 is 1.86 bits per heavy atom. The van der Waals surface area contributed by atoms with Gasteiger partial charge in [-0.05, 0) is 73.9 Å². The lowest BCUT2D eigenvalue weighted by Crippen LogP contribution is -2.50. The topological polar surface area (TPSA) is 43.7 Å². The smallest absolute Gasteiger partial charge is 0.123 e. The number of rotatable bonds is 9. The van der Waals surface area contributed by atoms with Crippen LogP contribution in [0.3, 0.4) is 0 Å². The molecule has 1 fully saturated rings. The molecule has 0 amide bonds. The Morgan fingerprint density at radius 2 is 1.41 bits per heavy atom. The summed E-state index contributed by atoms with van der Waals surface area (Å²) in [5.74, 6) is -0.432. The number of hydrogen-bond acceptors (Lipinski definition) is 3. The number of likely N-dealkylation sites (tertiary alicyclic amines) is 1. The maximum absolute atomic E-state index is 13.5. The van der Waals surface area contributed by atoms with E-state index < -0.39 is 6.10 Å². The minimum Gasteiger partial charge on any atom is -0.394 e. The molecule has 3 atom stereocenters. The van der Waals surface area contributed by atoms with Crippen molar-refractivity contribution in [3.8, 4) is 0 Å². The van der Waals surface area contributed by atoms with Gasteiger partial charge in [-0.1, -0.05) is 30.7 Å². The van der Waals surface area contributed by atoms with Crippen molar-refractivity contribution in [3.63, 3.8) is 0 Å². The van der Waals surface area contributed by atoms with Crippen molar-refractivity contribution < 1.29 is 19.0 Å². The van der Waals surface area contributed by atoms with Gasteiger partial charge in [0.05, 0.1) is 12.7 Å². The van der Waals surface area contributed by atoms with Gasteiger partial charge in [0.2, 0.25) is 0 Å². The van der Waals surface area contributed by atoms with Crippen molar-refractivity contribution in [2.45, 2.75) is 63.1 Å². The monoisotopic (exact) mass is 403 g/mol. The van der Waals surface area contributed by atoms with Crippen molar-refractivity contribution in [2.24, 2.45) is 0 Å². The Kier molecular flexibility index (Phi) is 8.16. The first-order valence-corrected chi connectivity index (χ1v) is 10.6. The molecule has 2 N–H and O–H groups in total. The molecule has 2 aromatic rings. The third-order valence-electron chi connectivity index (χ3n) is 5.96.